The lowest BCUT2D eigenvalue weighted by Crippen LogP contribution is -2.19. The minimum Gasteiger partial charge on any atom is -0.405 e. The molecule has 1 aromatic carbocycles. The summed E-state index contributed by atoms with van der Waals surface area (Å²) < 4.78 is 40.4. The van der Waals surface area contributed by atoms with E-state index in [0.717, 1.165) is 12.5 Å². The summed E-state index contributed by atoms with van der Waals surface area (Å²) in [5.74, 6) is -0.626. The van der Waals surface area contributed by atoms with E-state index >= 15 is 0 Å². The van der Waals surface area contributed by atoms with Crippen LogP contribution in [0.1, 0.15) is 37.0 Å². The Morgan fingerprint density at radius 2 is 1.94 bits per heavy atom. The first kappa shape index (κ1) is 14.5. The molecule has 100 valence electrons. The fourth-order valence-corrected chi connectivity index (χ4v) is 1.48. The Bertz CT molecular complexity index is 413. The molecule has 0 bridgehead atoms. The molecule has 5 heteroatoms. The van der Waals surface area contributed by atoms with Crippen LogP contribution in [0.3, 0.4) is 0 Å². The smallest absolute Gasteiger partial charge is 0.405 e. The number of benzene rings is 1. The van der Waals surface area contributed by atoms with Gasteiger partial charge in [0.2, 0.25) is 0 Å². The first-order valence-electron chi connectivity index (χ1n) is 5.71. The van der Waals surface area contributed by atoms with Crippen LogP contribution in [0, 0.1) is 5.92 Å². The molecule has 0 aliphatic rings. The number of ether oxygens (including phenoxy) is 1. The van der Waals surface area contributed by atoms with Gasteiger partial charge in [0.1, 0.15) is 5.75 Å². The Hall–Kier alpha value is -1.52. The second-order valence-electron chi connectivity index (χ2n) is 4.18. The van der Waals surface area contributed by atoms with E-state index in [1.165, 1.54) is 18.2 Å². The summed E-state index contributed by atoms with van der Waals surface area (Å²) in [7, 11) is 0. The van der Waals surface area contributed by atoms with Crippen LogP contribution in [0.2, 0.25) is 0 Å². The summed E-state index contributed by atoms with van der Waals surface area (Å²) in [6.45, 7) is 3.81. The number of carbonyl (C=O) groups is 1. The highest BCUT2D eigenvalue weighted by atomic mass is 19.4. The largest absolute Gasteiger partial charge is 0.573 e. The van der Waals surface area contributed by atoms with E-state index in [1.54, 1.807) is 0 Å². The summed E-state index contributed by atoms with van der Waals surface area (Å²) in [6.07, 6.45) is -3.77. The lowest BCUT2D eigenvalue weighted by Gasteiger charge is -2.13. The number of hydrogen-bond acceptors (Lipinski definition) is 2. The number of rotatable bonds is 5. The molecule has 1 unspecified atom stereocenters. The van der Waals surface area contributed by atoms with Crippen LogP contribution >= 0.6 is 0 Å². The van der Waals surface area contributed by atoms with Gasteiger partial charge in [0.15, 0.2) is 5.78 Å². The molecule has 1 rings (SSSR count). The van der Waals surface area contributed by atoms with Crippen LogP contribution < -0.4 is 4.74 Å². The van der Waals surface area contributed by atoms with Crippen molar-refractivity contribution in [3.8, 4) is 5.75 Å². The molecular formula is C13H15F3O2. The van der Waals surface area contributed by atoms with Gasteiger partial charge in [-0.2, -0.15) is 0 Å². The summed E-state index contributed by atoms with van der Waals surface area (Å²) in [5, 5.41) is 0. The molecule has 0 aliphatic heterocycles. The van der Waals surface area contributed by atoms with E-state index in [0.29, 0.717) is 0 Å². The van der Waals surface area contributed by atoms with Crippen molar-refractivity contribution in [3.63, 3.8) is 0 Å². The summed E-state index contributed by atoms with van der Waals surface area (Å²) in [5.41, 5.74) is -0.0184. The summed E-state index contributed by atoms with van der Waals surface area (Å²) in [4.78, 5) is 11.9. The SMILES string of the molecule is CCC(C)CC(=O)c1ccccc1OC(F)(F)F. The number of alkyl halides is 3. The van der Waals surface area contributed by atoms with Gasteiger partial charge in [-0.1, -0.05) is 32.4 Å². The van der Waals surface area contributed by atoms with Crippen molar-refractivity contribution < 1.29 is 22.7 Å². The number of para-hydroxylation sites is 1. The molecule has 0 N–H and O–H groups in total. The topological polar surface area (TPSA) is 26.3 Å². The maximum atomic E-state index is 12.2. The van der Waals surface area contributed by atoms with Crippen molar-refractivity contribution in [2.75, 3.05) is 0 Å². The predicted molar refractivity (Wildman–Crippen MR) is 61.5 cm³/mol. The van der Waals surface area contributed by atoms with Crippen LogP contribution in [-0.2, 0) is 0 Å². The van der Waals surface area contributed by atoms with E-state index in [4.69, 9.17) is 0 Å². The number of Topliss-reactive ketones (excluding diaryl/α,β-unsaturated/α-hetero) is 1. The highest BCUT2D eigenvalue weighted by molar-refractivity contribution is 5.98. The number of ketones is 1. The van der Waals surface area contributed by atoms with Crippen molar-refractivity contribution in [1.82, 2.24) is 0 Å². The first-order chi connectivity index (χ1) is 8.33. The molecule has 0 fully saturated rings. The van der Waals surface area contributed by atoms with Gasteiger partial charge < -0.3 is 4.74 Å². The normalized spacial score (nSPS) is 13.2. The average Bonchev–Trinajstić information content (AvgIpc) is 2.27. The molecule has 0 heterocycles. The van der Waals surface area contributed by atoms with Crippen molar-refractivity contribution in [3.05, 3.63) is 29.8 Å². The average molecular weight is 260 g/mol. The number of hydrogen-bond donors (Lipinski definition) is 0. The van der Waals surface area contributed by atoms with E-state index in [1.807, 2.05) is 13.8 Å². The van der Waals surface area contributed by atoms with E-state index < -0.39 is 12.1 Å². The second kappa shape index (κ2) is 5.89. The van der Waals surface area contributed by atoms with Gasteiger partial charge in [-0.3, -0.25) is 4.79 Å². The minimum absolute atomic E-state index is 0.0184. The Morgan fingerprint density at radius 3 is 2.50 bits per heavy atom. The zero-order valence-electron chi connectivity index (χ0n) is 10.3. The Kier molecular flexibility index (Phi) is 4.76. The third kappa shape index (κ3) is 4.39. The van der Waals surface area contributed by atoms with Gasteiger partial charge in [-0.05, 0) is 18.1 Å². The fourth-order valence-electron chi connectivity index (χ4n) is 1.48. The second-order valence-corrected chi connectivity index (χ2v) is 4.18. The van der Waals surface area contributed by atoms with Crippen LogP contribution in [0.15, 0.2) is 24.3 Å². The molecule has 0 aliphatic carbocycles. The van der Waals surface area contributed by atoms with Gasteiger partial charge in [-0.25, -0.2) is 0 Å². The molecule has 1 atom stereocenters. The number of halogens is 3. The molecule has 0 spiro atoms. The molecule has 2 nitrogen and oxygen atoms in total. The number of carbonyl (C=O) groups excluding carboxylic acids is 1. The molecule has 0 saturated carbocycles. The Morgan fingerprint density at radius 1 is 1.33 bits per heavy atom. The maximum Gasteiger partial charge on any atom is 0.573 e. The monoisotopic (exact) mass is 260 g/mol. The Balaban J connectivity index is 2.91. The first-order valence-corrected chi connectivity index (χ1v) is 5.71. The molecule has 1 aromatic rings. The minimum atomic E-state index is -4.78. The zero-order chi connectivity index (χ0) is 13.8. The Labute approximate surface area is 104 Å². The van der Waals surface area contributed by atoms with Gasteiger partial charge in [0.05, 0.1) is 5.56 Å². The van der Waals surface area contributed by atoms with Crippen LogP contribution in [0.4, 0.5) is 13.2 Å². The van der Waals surface area contributed by atoms with E-state index in [-0.39, 0.29) is 23.7 Å². The van der Waals surface area contributed by atoms with E-state index in [2.05, 4.69) is 4.74 Å². The van der Waals surface area contributed by atoms with Crippen molar-refractivity contribution >= 4 is 5.78 Å². The van der Waals surface area contributed by atoms with Gasteiger partial charge in [-0.15, -0.1) is 13.2 Å². The van der Waals surface area contributed by atoms with Crippen LogP contribution in [-0.4, -0.2) is 12.1 Å². The van der Waals surface area contributed by atoms with Gasteiger partial charge in [0.25, 0.3) is 0 Å². The third-order valence-corrected chi connectivity index (χ3v) is 2.64. The molecule has 0 aromatic heterocycles. The lowest BCUT2D eigenvalue weighted by atomic mass is 9.97. The zero-order valence-corrected chi connectivity index (χ0v) is 10.3. The van der Waals surface area contributed by atoms with Crippen molar-refractivity contribution in [2.24, 2.45) is 5.92 Å². The molecular weight excluding hydrogens is 245 g/mol. The molecule has 0 radical (unpaired) electrons. The molecule has 18 heavy (non-hydrogen) atoms. The van der Waals surface area contributed by atoms with Crippen molar-refractivity contribution in [1.29, 1.82) is 0 Å². The highest BCUT2D eigenvalue weighted by Crippen LogP contribution is 2.27. The maximum absolute atomic E-state index is 12.2. The standard InChI is InChI=1S/C13H15F3O2/c1-3-9(2)8-11(17)10-6-4-5-7-12(10)18-13(14,15)16/h4-7,9H,3,8H2,1-2H3. The van der Waals surface area contributed by atoms with Gasteiger partial charge >= 0.3 is 6.36 Å². The van der Waals surface area contributed by atoms with Crippen molar-refractivity contribution in [2.45, 2.75) is 33.1 Å². The third-order valence-electron chi connectivity index (χ3n) is 2.64. The summed E-state index contributed by atoms with van der Waals surface area (Å²) >= 11 is 0. The van der Waals surface area contributed by atoms with Gasteiger partial charge in [0, 0.05) is 6.42 Å². The highest BCUT2D eigenvalue weighted by Gasteiger charge is 2.32. The van der Waals surface area contributed by atoms with E-state index in [9.17, 15) is 18.0 Å². The quantitative estimate of drug-likeness (QED) is 0.741. The predicted octanol–water partition coefficient (Wildman–Crippen LogP) is 4.20. The lowest BCUT2D eigenvalue weighted by molar-refractivity contribution is -0.274. The molecule has 0 amide bonds. The molecule has 0 saturated heterocycles. The van der Waals surface area contributed by atoms with Crippen LogP contribution in [0.25, 0.3) is 0 Å². The van der Waals surface area contributed by atoms with Crippen LogP contribution in [0.5, 0.6) is 5.75 Å². The fraction of sp³-hybridized carbons (Fsp3) is 0.462. The summed E-state index contributed by atoms with van der Waals surface area (Å²) in [6, 6.07) is 5.43.